The van der Waals surface area contributed by atoms with Gasteiger partial charge < -0.3 is 0 Å². The molecule has 1 aromatic heterocycles. The van der Waals surface area contributed by atoms with E-state index >= 15 is 0 Å². The number of nitrogens with zero attached hydrogens (tertiary/aromatic N) is 3. The maximum Gasteiger partial charge on any atom is 0.137 e. The van der Waals surface area contributed by atoms with Crippen LogP contribution in [0.2, 0.25) is 0 Å². The molecule has 0 N–H and O–H groups in total. The molecular formula is C15H13F2N3Si. The third kappa shape index (κ3) is 3.22. The molecule has 0 bridgehead atoms. The Bertz CT molecular complexity index is 651. The Labute approximate surface area is 122 Å². The molecule has 0 aliphatic carbocycles. The second-order valence-corrected chi connectivity index (χ2v) is 7.58. The zero-order valence-corrected chi connectivity index (χ0v) is 12.3. The van der Waals surface area contributed by atoms with E-state index in [1.807, 2.05) is 0 Å². The topological polar surface area (TPSA) is 30.7 Å². The minimum atomic E-state index is -1.66. The van der Waals surface area contributed by atoms with E-state index < -0.39 is 8.80 Å². The zero-order valence-electron chi connectivity index (χ0n) is 11.2. The lowest BCUT2D eigenvalue weighted by Gasteiger charge is -2.16. The van der Waals surface area contributed by atoms with Gasteiger partial charge in [0.15, 0.2) is 0 Å². The Kier molecular flexibility index (Phi) is 3.87. The van der Waals surface area contributed by atoms with Gasteiger partial charge in [0.2, 0.25) is 0 Å². The van der Waals surface area contributed by atoms with Crippen LogP contribution in [-0.2, 0) is 6.17 Å². The second-order valence-electron chi connectivity index (χ2n) is 4.77. The summed E-state index contributed by atoms with van der Waals surface area (Å²) in [7, 11) is -1.66. The van der Waals surface area contributed by atoms with Crippen LogP contribution in [0.25, 0.3) is 0 Å². The summed E-state index contributed by atoms with van der Waals surface area (Å²) < 4.78 is 28.0. The Morgan fingerprint density at radius 3 is 1.81 bits per heavy atom. The lowest BCUT2D eigenvalue weighted by Crippen LogP contribution is -2.46. The van der Waals surface area contributed by atoms with Crippen molar-refractivity contribution in [3.05, 3.63) is 72.8 Å². The van der Waals surface area contributed by atoms with E-state index in [9.17, 15) is 8.78 Å². The van der Waals surface area contributed by atoms with Gasteiger partial charge in [-0.3, -0.25) is 4.68 Å². The van der Waals surface area contributed by atoms with Crippen molar-refractivity contribution < 1.29 is 8.78 Å². The molecule has 0 saturated carbocycles. The van der Waals surface area contributed by atoms with Crippen molar-refractivity contribution in [3.63, 3.8) is 0 Å². The highest BCUT2D eigenvalue weighted by Gasteiger charge is 2.17. The summed E-state index contributed by atoms with van der Waals surface area (Å²) >= 11 is 0. The molecule has 3 aromatic rings. The number of rotatable bonds is 4. The summed E-state index contributed by atoms with van der Waals surface area (Å²) in [6, 6.07) is 13.0. The van der Waals surface area contributed by atoms with Crippen LogP contribution in [0.5, 0.6) is 0 Å². The van der Waals surface area contributed by atoms with Crippen molar-refractivity contribution in [2.24, 2.45) is 0 Å². The van der Waals surface area contributed by atoms with Gasteiger partial charge in [-0.15, -0.1) is 0 Å². The summed E-state index contributed by atoms with van der Waals surface area (Å²) in [6.45, 7) is 0. The molecule has 0 atom stereocenters. The molecule has 0 amide bonds. The van der Waals surface area contributed by atoms with E-state index in [0.717, 1.165) is 10.4 Å². The molecular weight excluding hydrogens is 288 g/mol. The third-order valence-corrected chi connectivity index (χ3v) is 6.50. The molecule has 106 valence electrons. The second kappa shape index (κ2) is 5.97. The maximum absolute atomic E-state index is 13.1. The molecule has 0 spiro atoms. The van der Waals surface area contributed by atoms with Gasteiger partial charge in [0.25, 0.3) is 0 Å². The summed E-state index contributed by atoms with van der Waals surface area (Å²) in [5, 5.41) is 6.30. The first kappa shape index (κ1) is 13.6. The molecule has 3 rings (SSSR count). The number of hydrogen-bond donors (Lipinski definition) is 0. The van der Waals surface area contributed by atoms with E-state index in [4.69, 9.17) is 0 Å². The van der Waals surface area contributed by atoms with E-state index in [1.54, 1.807) is 35.3 Å². The van der Waals surface area contributed by atoms with Crippen LogP contribution < -0.4 is 10.4 Å². The maximum atomic E-state index is 13.1. The predicted molar refractivity (Wildman–Crippen MR) is 79.2 cm³/mol. The van der Waals surface area contributed by atoms with Crippen LogP contribution in [0.3, 0.4) is 0 Å². The smallest absolute Gasteiger partial charge is 0.137 e. The Morgan fingerprint density at radius 2 is 1.38 bits per heavy atom. The monoisotopic (exact) mass is 301 g/mol. The first-order valence-corrected chi connectivity index (χ1v) is 8.53. The summed E-state index contributed by atoms with van der Waals surface area (Å²) in [5.41, 5.74) is 0. The third-order valence-electron chi connectivity index (χ3n) is 3.38. The largest absolute Gasteiger partial charge is 0.255 e. The van der Waals surface area contributed by atoms with Crippen molar-refractivity contribution in [1.29, 1.82) is 0 Å². The van der Waals surface area contributed by atoms with Crippen molar-refractivity contribution in [2.45, 2.75) is 6.17 Å². The highest BCUT2D eigenvalue weighted by atomic mass is 28.3. The molecule has 0 aliphatic rings. The van der Waals surface area contributed by atoms with Crippen LogP contribution in [0.1, 0.15) is 0 Å². The van der Waals surface area contributed by atoms with Gasteiger partial charge in [-0.2, -0.15) is 5.10 Å². The van der Waals surface area contributed by atoms with Crippen LogP contribution >= 0.6 is 0 Å². The highest BCUT2D eigenvalue weighted by molar-refractivity contribution is 6.84. The van der Waals surface area contributed by atoms with Gasteiger partial charge >= 0.3 is 0 Å². The minimum Gasteiger partial charge on any atom is -0.255 e. The van der Waals surface area contributed by atoms with Crippen LogP contribution in [0.4, 0.5) is 8.78 Å². The average molecular weight is 301 g/mol. The van der Waals surface area contributed by atoms with Crippen molar-refractivity contribution in [2.75, 3.05) is 0 Å². The normalized spacial score (nSPS) is 11.0. The zero-order chi connectivity index (χ0) is 14.7. The van der Waals surface area contributed by atoms with Crippen LogP contribution in [-0.4, -0.2) is 23.6 Å². The van der Waals surface area contributed by atoms with Gasteiger partial charge in [0.1, 0.15) is 33.1 Å². The summed E-state index contributed by atoms with van der Waals surface area (Å²) in [5.74, 6) is -0.516. The predicted octanol–water partition coefficient (Wildman–Crippen LogP) is 1.14. The SMILES string of the molecule is Fc1ccc([SiH](Cn2cncn2)c2ccc(F)cc2)cc1. The Balaban J connectivity index is 1.97. The van der Waals surface area contributed by atoms with Gasteiger partial charge in [0, 0.05) is 6.17 Å². The number of benzene rings is 2. The fourth-order valence-corrected chi connectivity index (χ4v) is 4.99. The Hall–Kier alpha value is -2.34. The molecule has 1 heterocycles. The Morgan fingerprint density at radius 1 is 0.857 bits per heavy atom. The molecule has 0 fully saturated rings. The van der Waals surface area contributed by atoms with Gasteiger partial charge in [-0.05, 0) is 24.3 Å². The van der Waals surface area contributed by atoms with Crippen LogP contribution in [0, 0.1) is 11.6 Å². The minimum absolute atomic E-state index is 0.258. The van der Waals surface area contributed by atoms with Crippen molar-refractivity contribution >= 4 is 19.2 Å². The first-order valence-electron chi connectivity index (χ1n) is 6.56. The molecule has 0 radical (unpaired) electrons. The quantitative estimate of drug-likeness (QED) is 0.677. The van der Waals surface area contributed by atoms with Crippen molar-refractivity contribution in [3.8, 4) is 0 Å². The number of aromatic nitrogens is 3. The summed E-state index contributed by atoms with van der Waals surface area (Å²) in [4.78, 5) is 3.94. The molecule has 2 aromatic carbocycles. The lowest BCUT2D eigenvalue weighted by atomic mass is 10.3. The van der Waals surface area contributed by atoms with E-state index in [2.05, 4.69) is 10.1 Å². The van der Waals surface area contributed by atoms with Crippen LogP contribution in [0.15, 0.2) is 61.2 Å². The molecule has 0 unspecified atom stereocenters. The average Bonchev–Trinajstić information content (AvgIpc) is 3.00. The van der Waals surface area contributed by atoms with E-state index in [0.29, 0.717) is 6.17 Å². The fourth-order valence-electron chi connectivity index (χ4n) is 2.31. The molecule has 21 heavy (non-hydrogen) atoms. The van der Waals surface area contributed by atoms with Gasteiger partial charge in [-0.1, -0.05) is 34.6 Å². The van der Waals surface area contributed by atoms with Gasteiger partial charge in [-0.25, -0.2) is 13.8 Å². The van der Waals surface area contributed by atoms with Gasteiger partial charge in [0.05, 0.1) is 0 Å². The molecule has 0 saturated heterocycles. The number of hydrogen-bond acceptors (Lipinski definition) is 2. The fraction of sp³-hybridized carbons (Fsp3) is 0.0667. The first-order chi connectivity index (χ1) is 10.2. The van der Waals surface area contributed by atoms with E-state index in [1.165, 1.54) is 30.6 Å². The lowest BCUT2D eigenvalue weighted by molar-refractivity contribution is 0.628. The standard InChI is InChI=1S/C15H13F2N3Si/c16-12-1-5-14(6-2-12)21(11-20-10-18-9-19-20)15-7-3-13(17)4-8-15/h1-10,21H,11H2. The van der Waals surface area contributed by atoms with E-state index in [-0.39, 0.29) is 11.6 Å². The summed E-state index contributed by atoms with van der Waals surface area (Å²) in [6.07, 6.45) is 3.84. The molecule has 3 nitrogen and oxygen atoms in total. The highest BCUT2D eigenvalue weighted by Crippen LogP contribution is 2.00. The number of halogens is 2. The molecule has 0 aliphatic heterocycles. The molecule has 6 heteroatoms. The van der Waals surface area contributed by atoms with Crippen molar-refractivity contribution in [1.82, 2.24) is 14.8 Å².